The van der Waals surface area contributed by atoms with E-state index in [4.69, 9.17) is 23.2 Å². The van der Waals surface area contributed by atoms with E-state index in [1.165, 1.54) is 6.20 Å². The van der Waals surface area contributed by atoms with E-state index in [1.807, 2.05) is 0 Å². The molecule has 0 radical (unpaired) electrons. The summed E-state index contributed by atoms with van der Waals surface area (Å²) >= 11 is 11.7. The molecule has 1 heterocycles. The summed E-state index contributed by atoms with van der Waals surface area (Å²) in [5, 5.41) is 3.34. The van der Waals surface area contributed by atoms with Crippen LogP contribution in [-0.2, 0) is 12.6 Å². The van der Waals surface area contributed by atoms with Crippen LogP contribution in [0.25, 0.3) is 5.69 Å². The lowest BCUT2D eigenvalue weighted by Crippen LogP contribution is -2.12. The first kappa shape index (κ1) is 15.3. The molecule has 116 valence electrons. The molecule has 1 atom stereocenters. The predicted octanol–water partition coefficient (Wildman–Crippen LogP) is 4.27. The van der Waals surface area contributed by atoms with Crippen LogP contribution in [0.2, 0.25) is 10.0 Å². The maximum absolute atomic E-state index is 13.2. The van der Waals surface area contributed by atoms with Crippen molar-refractivity contribution in [2.45, 2.75) is 18.8 Å². The van der Waals surface area contributed by atoms with Gasteiger partial charge in [0.05, 0.1) is 15.6 Å². The summed E-state index contributed by atoms with van der Waals surface area (Å²) in [5.41, 5.74) is -0.677. The number of halogens is 6. The summed E-state index contributed by atoms with van der Waals surface area (Å²) in [6, 6.07) is 1.44. The molecule has 22 heavy (non-hydrogen) atoms. The summed E-state index contributed by atoms with van der Waals surface area (Å²) in [6.45, 7) is 0. The smallest absolute Gasteiger partial charge is 0.289 e. The Kier molecular flexibility index (Phi) is 3.45. The van der Waals surface area contributed by atoms with Gasteiger partial charge >= 0.3 is 6.18 Å². The number of fused-ring (bicyclic) bond motifs is 1. The average Bonchev–Trinajstić information content (AvgIpc) is 2.89. The third-order valence-electron chi connectivity index (χ3n) is 3.28. The molecule has 1 unspecified atom stereocenters. The highest BCUT2D eigenvalue weighted by atomic mass is 35.5. The van der Waals surface area contributed by atoms with Gasteiger partial charge in [-0.15, -0.1) is 0 Å². The van der Waals surface area contributed by atoms with Gasteiger partial charge in [0.25, 0.3) is 0 Å². The number of carbonyl (C=O) groups is 1. The lowest BCUT2D eigenvalue weighted by Gasteiger charge is -2.12. The first-order valence-electron chi connectivity index (χ1n) is 6.02. The van der Waals surface area contributed by atoms with Crippen molar-refractivity contribution in [3.63, 3.8) is 0 Å². The fourth-order valence-corrected chi connectivity index (χ4v) is 2.92. The van der Waals surface area contributed by atoms with E-state index < -0.39 is 23.7 Å². The van der Waals surface area contributed by atoms with Crippen molar-refractivity contribution in [2.24, 2.45) is 0 Å². The highest BCUT2D eigenvalue weighted by Crippen LogP contribution is 2.38. The monoisotopic (exact) mass is 352 g/mol. The summed E-state index contributed by atoms with van der Waals surface area (Å²) in [5.74, 6) is -0.757. The Hall–Kier alpha value is -1.60. The van der Waals surface area contributed by atoms with Crippen molar-refractivity contribution in [2.75, 3.05) is 0 Å². The lowest BCUT2D eigenvalue weighted by molar-refractivity contribution is -0.137. The minimum Gasteiger partial charge on any atom is -0.289 e. The molecule has 0 saturated heterocycles. The van der Waals surface area contributed by atoms with Gasteiger partial charge < -0.3 is 0 Å². The van der Waals surface area contributed by atoms with Crippen molar-refractivity contribution in [3.05, 3.63) is 45.2 Å². The van der Waals surface area contributed by atoms with E-state index in [2.05, 4.69) is 5.10 Å². The number of aromatic nitrogens is 2. The van der Waals surface area contributed by atoms with E-state index in [0.29, 0.717) is 5.56 Å². The second kappa shape index (κ2) is 4.96. The van der Waals surface area contributed by atoms with Gasteiger partial charge in [0.15, 0.2) is 6.17 Å². The third kappa shape index (κ3) is 2.38. The van der Waals surface area contributed by atoms with Crippen LogP contribution in [0.15, 0.2) is 18.3 Å². The second-order valence-electron chi connectivity index (χ2n) is 4.77. The number of rotatable bonds is 1. The number of hydrogen-bond donors (Lipinski definition) is 0. The summed E-state index contributed by atoms with van der Waals surface area (Å²) in [4.78, 5) is 11.5. The molecule has 1 aromatic heterocycles. The molecule has 1 aromatic carbocycles. The molecule has 0 aliphatic heterocycles. The topological polar surface area (TPSA) is 34.9 Å². The Balaban J connectivity index is 2.09. The van der Waals surface area contributed by atoms with Crippen molar-refractivity contribution in [3.8, 4) is 5.69 Å². The number of carbonyl (C=O) groups excluding carboxylic acids is 1. The highest BCUT2D eigenvalue weighted by molar-refractivity contribution is 6.37. The zero-order chi connectivity index (χ0) is 16.2. The molecule has 0 saturated carbocycles. The normalized spacial score (nSPS) is 17.9. The van der Waals surface area contributed by atoms with Gasteiger partial charge in [-0.3, -0.25) is 4.79 Å². The van der Waals surface area contributed by atoms with Crippen molar-refractivity contribution in [1.29, 1.82) is 0 Å². The van der Waals surface area contributed by atoms with Crippen LogP contribution in [0.1, 0.15) is 21.6 Å². The van der Waals surface area contributed by atoms with Crippen molar-refractivity contribution >= 4 is 29.0 Å². The lowest BCUT2D eigenvalue weighted by atomic mass is 10.2. The van der Waals surface area contributed by atoms with Gasteiger partial charge in [0, 0.05) is 18.2 Å². The highest BCUT2D eigenvalue weighted by Gasteiger charge is 2.35. The van der Waals surface area contributed by atoms with Crippen LogP contribution >= 0.6 is 23.2 Å². The van der Waals surface area contributed by atoms with Crippen LogP contribution in [0.4, 0.5) is 17.6 Å². The van der Waals surface area contributed by atoms with E-state index in [0.717, 1.165) is 16.8 Å². The average molecular weight is 353 g/mol. The number of benzene rings is 1. The maximum atomic E-state index is 13.2. The predicted molar refractivity (Wildman–Crippen MR) is 71.5 cm³/mol. The molecule has 0 spiro atoms. The minimum atomic E-state index is -4.59. The summed E-state index contributed by atoms with van der Waals surface area (Å²) < 4.78 is 52.4. The van der Waals surface area contributed by atoms with Crippen LogP contribution in [-0.4, -0.2) is 21.7 Å². The number of Topliss-reactive ketones (excluding diaryl/α,β-unsaturated/α-hetero) is 1. The molecule has 0 fully saturated rings. The molecule has 0 N–H and O–H groups in total. The summed E-state index contributed by atoms with van der Waals surface area (Å²) in [7, 11) is 0. The maximum Gasteiger partial charge on any atom is 0.416 e. The summed E-state index contributed by atoms with van der Waals surface area (Å²) in [6.07, 6.45) is -5.00. The zero-order valence-electron chi connectivity index (χ0n) is 10.6. The van der Waals surface area contributed by atoms with Crippen LogP contribution in [0.3, 0.4) is 0 Å². The molecular weight excluding hydrogens is 347 g/mol. The fourth-order valence-electron chi connectivity index (χ4n) is 2.26. The SMILES string of the molecule is O=C1c2nn(-c3c(Cl)cc(C(F)(F)F)cc3Cl)cc2CC1F. The standard InChI is InChI=1S/C13H6Cl2F4N2O/c14-7-2-6(13(17,18)19)3-8(15)11(7)21-4-5-1-9(16)12(22)10(5)20-21/h2-4,9H,1H2. The number of hydrogen-bond acceptors (Lipinski definition) is 2. The first-order valence-corrected chi connectivity index (χ1v) is 6.77. The zero-order valence-corrected chi connectivity index (χ0v) is 12.1. The Morgan fingerprint density at radius 1 is 1.23 bits per heavy atom. The largest absolute Gasteiger partial charge is 0.416 e. The number of ketones is 1. The van der Waals surface area contributed by atoms with Crippen molar-refractivity contribution in [1.82, 2.24) is 9.78 Å². The van der Waals surface area contributed by atoms with Gasteiger partial charge in [-0.2, -0.15) is 18.3 Å². The van der Waals surface area contributed by atoms with Gasteiger partial charge in [-0.05, 0) is 12.1 Å². The molecule has 1 aliphatic carbocycles. The molecular formula is C13H6Cl2F4N2O. The van der Waals surface area contributed by atoms with Gasteiger partial charge in [-0.1, -0.05) is 23.2 Å². The van der Waals surface area contributed by atoms with Crippen LogP contribution in [0, 0.1) is 0 Å². The Morgan fingerprint density at radius 2 is 1.82 bits per heavy atom. The third-order valence-corrected chi connectivity index (χ3v) is 3.86. The van der Waals surface area contributed by atoms with E-state index in [-0.39, 0.29) is 27.8 Å². The van der Waals surface area contributed by atoms with Crippen molar-refractivity contribution < 1.29 is 22.4 Å². The van der Waals surface area contributed by atoms with Gasteiger partial charge in [0.2, 0.25) is 5.78 Å². The molecule has 3 nitrogen and oxygen atoms in total. The number of nitrogens with zero attached hydrogens (tertiary/aromatic N) is 2. The van der Waals surface area contributed by atoms with E-state index in [1.54, 1.807) is 0 Å². The second-order valence-corrected chi connectivity index (χ2v) is 5.58. The van der Waals surface area contributed by atoms with E-state index in [9.17, 15) is 22.4 Å². The van der Waals surface area contributed by atoms with Gasteiger partial charge in [-0.25, -0.2) is 9.07 Å². The molecule has 0 bridgehead atoms. The van der Waals surface area contributed by atoms with Crippen LogP contribution < -0.4 is 0 Å². The fraction of sp³-hybridized carbons (Fsp3) is 0.231. The Morgan fingerprint density at radius 3 is 2.32 bits per heavy atom. The molecule has 1 aliphatic rings. The first-order chi connectivity index (χ1) is 10.2. The quantitative estimate of drug-likeness (QED) is 0.718. The minimum absolute atomic E-state index is 0.00828. The molecule has 3 rings (SSSR count). The molecule has 0 amide bonds. The molecule has 2 aromatic rings. The Bertz CT molecular complexity index is 762. The number of alkyl halides is 4. The van der Waals surface area contributed by atoms with Gasteiger partial charge in [0.1, 0.15) is 11.4 Å². The van der Waals surface area contributed by atoms with Crippen LogP contribution in [0.5, 0.6) is 0 Å². The molecule has 9 heteroatoms. The van der Waals surface area contributed by atoms with E-state index >= 15 is 0 Å². The Labute approximate surface area is 131 Å².